The summed E-state index contributed by atoms with van der Waals surface area (Å²) in [6, 6.07) is 14.9. The summed E-state index contributed by atoms with van der Waals surface area (Å²) in [5, 5.41) is 14.7. The number of non-ortho nitro benzene ring substituents is 1. The number of nitrogens with one attached hydrogen (secondary N) is 1. The highest BCUT2D eigenvalue weighted by Crippen LogP contribution is 2.36. The van der Waals surface area contributed by atoms with Gasteiger partial charge in [0.2, 0.25) is 5.91 Å². The Balaban J connectivity index is 1.44. The van der Waals surface area contributed by atoms with Crippen molar-refractivity contribution in [2.45, 2.75) is 24.4 Å². The Morgan fingerprint density at radius 2 is 1.91 bits per heavy atom. The highest BCUT2D eigenvalue weighted by molar-refractivity contribution is 7.99. The average Bonchev–Trinajstić information content (AvgIpc) is 3.39. The molecule has 0 spiro atoms. The van der Waals surface area contributed by atoms with Crippen LogP contribution in [0.5, 0.6) is 0 Å². The number of thiophene rings is 1. The van der Waals surface area contributed by atoms with Gasteiger partial charge in [-0.1, -0.05) is 30.0 Å². The van der Waals surface area contributed by atoms with Crippen molar-refractivity contribution >= 4 is 50.6 Å². The van der Waals surface area contributed by atoms with Crippen LogP contribution in [0.15, 0.2) is 64.5 Å². The molecular weight excluding hydrogens is 460 g/mol. The molecule has 0 radical (unpaired) electrons. The summed E-state index contributed by atoms with van der Waals surface area (Å²) in [6.45, 7) is 0. The number of hydrogen-bond donors (Lipinski definition) is 1. The highest BCUT2D eigenvalue weighted by atomic mass is 32.2. The first-order valence-corrected chi connectivity index (χ1v) is 12.1. The van der Waals surface area contributed by atoms with Gasteiger partial charge < -0.3 is 5.32 Å². The second kappa shape index (κ2) is 8.80. The minimum atomic E-state index is -0.493. The van der Waals surface area contributed by atoms with Crippen molar-refractivity contribution in [3.63, 3.8) is 0 Å². The van der Waals surface area contributed by atoms with Gasteiger partial charge in [0.1, 0.15) is 4.83 Å². The fraction of sp³-hybridized carbons (Fsp3) is 0.174. The van der Waals surface area contributed by atoms with Crippen molar-refractivity contribution in [1.29, 1.82) is 0 Å². The fourth-order valence-electron chi connectivity index (χ4n) is 3.92. The molecule has 166 valence electrons. The maximum atomic E-state index is 13.6. The van der Waals surface area contributed by atoms with Crippen LogP contribution in [0.4, 0.5) is 11.4 Å². The quantitative estimate of drug-likeness (QED) is 0.188. The Hall–Kier alpha value is -3.50. The van der Waals surface area contributed by atoms with Crippen molar-refractivity contribution in [2.75, 3.05) is 11.1 Å². The third kappa shape index (κ3) is 4.14. The van der Waals surface area contributed by atoms with Gasteiger partial charge in [0.05, 0.1) is 21.7 Å². The van der Waals surface area contributed by atoms with Gasteiger partial charge in [-0.15, -0.1) is 11.3 Å². The van der Waals surface area contributed by atoms with E-state index in [1.165, 1.54) is 40.9 Å². The van der Waals surface area contributed by atoms with Crippen LogP contribution in [0.3, 0.4) is 0 Å². The minimum Gasteiger partial charge on any atom is -0.325 e. The van der Waals surface area contributed by atoms with Gasteiger partial charge in [-0.3, -0.25) is 24.3 Å². The molecular formula is C23H18N4O4S2. The van der Waals surface area contributed by atoms with Crippen LogP contribution in [0.2, 0.25) is 0 Å². The molecule has 1 amide bonds. The van der Waals surface area contributed by atoms with E-state index in [0.717, 1.165) is 29.7 Å². The molecule has 0 aliphatic heterocycles. The molecule has 10 heteroatoms. The summed E-state index contributed by atoms with van der Waals surface area (Å²) in [7, 11) is 0. The second-order valence-electron chi connectivity index (χ2n) is 7.55. The van der Waals surface area contributed by atoms with Gasteiger partial charge >= 0.3 is 0 Å². The smallest absolute Gasteiger partial charge is 0.269 e. The maximum Gasteiger partial charge on any atom is 0.269 e. The Kier molecular flexibility index (Phi) is 5.69. The summed E-state index contributed by atoms with van der Waals surface area (Å²) in [6.07, 6.45) is 2.92. The van der Waals surface area contributed by atoms with Gasteiger partial charge in [0.15, 0.2) is 5.16 Å². The SMILES string of the molecule is O=C(CSc1nc2sc3c(c2c(=O)n1-c1ccccc1)CCC3)Nc1ccc([N+](=O)[O-])cc1. The number of nitro groups is 1. The minimum absolute atomic E-state index is 0.0346. The molecule has 1 N–H and O–H groups in total. The molecule has 1 aliphatic rings. The molecule has 0 fully saturated rings. The van der Waals surface area contributed by atoms with E-state index in [1.807, 2.05) is 30.3 Å². The molecule has 5 rings (SSSR count). The van der Waals surface area contributed by atoms with Crippen LogP contribution in [-0.2, 0) is 17.6 Å². The number of nitrogens with zero attached hydrogens (tertiary/aromatic N) is 3. The largest absolute Gasteiger partial charge is 0.325 e. The van der Waals surface area contributed by atoms with Crippen molar-refractivity contribution in [1.82, 2.24) is 9.55 Å². The lowest BCUT2D eigenvalue weighted by atomic mass is 10.2. The number of amides is 1. The highest BCUT2D eigenvalue weighted by Gasteiger charge is 2.24. The van der Waals surface area contributed by atoms with Gasteiger partial charge in [0.25, 0.3) is 11.2 Å². The first kappa shape index (κ1) is 21.4. The Morgan fingerprint density at radius 3 is 2.64 bits per heavy atom. The van der Waals surface area contributed by atoms with Crippen molar-refractivity contribution in [3.05, 3.63) is 85.5 Å². The van der Waals surface area contributed by atoms with Crippen LogP contribution in [0, 0.1) is 10.1 Å². The summed E-state index contributed by atoms with van der Waals surface area (Å²) >= 11 is 2.75. The number of aryl methyl sites for hydroxylation is 2. The predicted molar refractivity (Wildman–Crippen MR) is 130 cm³/mol. The van der Waals surface area contributed by atoms with Gasteiger partial charge in [-0.05, 0) is 49.1 Å². The van der Waals surface area contributed by atoms with E-state index < -0.39 is 4.92 Å². The number of thioether (sulfide) groups is 1. The maximum absolute atomic E-state index is 13.6. The number of carbonyl (C=O) groups is 1. The van der Waals surface area contributed by atoms with E-state index in [0.29, 0.717) is 21.9 Å². The van der Waals surface area contributed by atoms with Crippen molar-refractivity contribution < 1.29 is 9.72 Å². The summed E-state index contributed by atoms with van der Waals surface area (Å²) in [4.78, 5) is 43.1. The Bertz CT molecular complexity index is 1430. The van der Waals surface area contributed by atoms with Crippen LogP contribution in [0.25, 0.3) is 15.9 Å². The summed E-state index contributed by atoms with van der Waals surface area (Å²) in [5.74, 6) is -0.260. The van der Waals surface area contributed by atoms with Gasteiger partial charge in [-0.25, -0.2) is 4.98 Å². The molecule has 2 heterocycles. The normalized spacial score (nSPS) is 12.6. The second-order valence-corrected chi connectivity index (χ2v) is 9.57. The van der Waals surface area contributed by atoms with Crippen molar-refractivity contribution in [2.24, 2.45) is 0 Å². The molecule has 2 aromatic heterocycles. The number of rotatable bonds is 6. The molecule has 0 saturated carbocycles. The number of fused-ring (bicyclic) bond motifs is 3. The number of hydrogen-bond acceptors (Lipinski definition) is 7. The number of nitro benzene ring substituents is 1. The van der Waals surface area contributed by atoms with E-state index in [4.69, 9.17) is 4.98 Å². The van der Waals surface area contributed by atoms with Gasteiger partial charge in [0, 0.05) is 22.7 Å². The molecule has 1 aliphatic carbocycles. The number of para-hydroxylation sites is 1. The van der Waals surface area contributed by atoms with Crippen LogP contribution >= 0.6 is 23.1 Å². The van der Waals surface area contributed by atoms with Crippen LogP contribution < -0.4 is 10.9 Å². The monoisotopic (exact) mass is 478 g/mol. The first-order chi connectivity index (χ1) is 16.0. The standard InChI is InChI=1S/C23H18N4O4S2/c28-19(24-14-9-11-16(12-10-14)27(30)31)13-32-23-25-21-20(17-7-4-8-18(17)33-21)22(29)26(23)15-5-2-1-3-6-15/h1-3,5-6,9-12H,4,7-8,13H2,(H,24,28). The molecule has 2 aromatic carbocycles. The van der Waals surface area contributed by atoms with Crippen LogP contribution in [0.1, 0.15) is 16.9 Å². The number of aromatic nitrogens is 2. The number of benzene rings is 2. The third-order valence-corrected chi connectivity index (χ3v) is 7.54. The molecule has 33 heavy (non-hydrogen) atoms. The first-order valence-electron chi connectivity index (χ1n) is 10.3. The molecule has 0 unspecified atom stereocenters. The Labute approximate surface area is 196 Å². The Morgan fingerprint density at radius 1 is 1.15 bits per heavy atom. The zero-order valence-electron chi connectivity index (χ0n) is 17.3. The molecule has 0 bridgehead atoms. The zero-order valence-corrected chi connectivity index (χ0v) is 18.9. The van der Waals surface area contributed by atoms with E-state index in [-0.39, 0.29) is 22.9 Å². The molecule has 0 atom stereocenters. The van der Waals surface area contributed by atoms with E-state index in [1.54, 1.807) is 15.9 Å². The van der Waals surface area contributed by atoms with E-state index in [9.17, 15) is 19.7 Å². The fourth-order valence-corrected chi connectivity index (χ4v) is 6.04. The lowest BCUT2D eigenvalue weighted by Crippen LogP contribution is -2.23. The molecule has 0 saturated heterocycles. The third-order valence-electron chi connectivity index (χ3n) is 5.42. The van der Waals surface area contributed by atoms with E-state index >= 15 is 0 Å². The number of carbonyl (C=O) groups excluding carboxylic acids is 1. The molecule has 4 aromatic rings. The number of anilines is 1. The van der Waals surface area contributed by atoms with Crippen LogP contribution in [-0.4, -0.2) is 26.1 Å². The average molecular weight is 479 g/mol. The van der Waals surface area contributed by atoms with Crippen molar-refractivity contribution in [3.8, 4) is 5.69 Å². The lowest BCUT2D eigenvalue weighted by molar-refractivity contribution is -0.384. The lowest BCUT2D eigenvalue weighted by Gasteiger charge is -2.12. The van der Waals surface area contributed by atoms with E-state index in [2.05, 4.69) is 5.32 Å². The molecule has 8 nitrogen and oxygen atoms in total. The zero-order chi connectivity index (χ0) is 22.9. The van der Waals surface area contributed by atoms with Gasteiger partial charge in [-0.2, -0.15) is 0 Å². The predicted octanol–water partition coefficient (Wildman–Crippen LogP) is 4.57. The summed E-state index contributed by atoms with van der Waals surface area (Å²) < 4.78 is 1.58. The topological polar surface area (TPSA) is 107 Å². The summed E-state index contributed by atoms with van der Waals surface area (Å²) in [5.41, 5.74) is 2.13.